The highest BCUT2D eigenvalue weighted by molar-refractivity contribution is 5.99. The van der Waals surface area contributed by atoms with E-state index in [-0.39, 0.29) is 0 Å². The van der Waals surface area contributed by atoms with Gasteiger partial charge in [0.2, 0.25) is 0 Å². The van der Waals surface area contributed by atoms with E-state index in [9.17, 15) is 0 Å². The summed E-state index contributed by atoms with van der Waals surface area (Å²) in [5, 5.41) is 0. The number of fused-ring (bicyclic) bond motifs is 7. The predicted octanol–water partition coefficient (Wildman–Crippen LogP) is 9.79. The highest BCUT2D eigenvalue weighted by atomic mass is 15.1. The molecule has 0 aliphatic heterocycles. The van der Waals surface area contributed by atoms with Crippen molar-refractivity contribution in [2.24, 2.45) is 0 Å². The third-order valence-corrected chi connectivity index (χ3v) is 10.5. The van der Waals surface area contributed by atoms with Gasteiger partial charge in [0.25, 0.3) is 0 Å². The summed E-state index contributed by atoms with van der Waals surface area (Å²) < 4.78 is 0. The number of aromatic nitrogens is 5. The van der Waals surface area contributed by atoms with E-state index in [4.69, 9.17) is 15.0 Å². The Labute approximate surface area is 296 Å². The minimum absolute atomic E-state index is 0.456. The summed E-state index contributed by atoms with van der Waals surface area (Å²) >= 11 is 0. The Bertz CT molecular complexity index is 2470. The van der Waals surface area contributed by atoms with E-state index in [0.29, 0.717) is 28.9 Å². The van der Waals surface area contributed by atoms with Gasteiger partial charge in [0.1, 0.15) is 11.4 Å². The van der Waals surface area contributed by atoms with Crippen molar-refractivity contribution in [3.63, 3.8) is 0 Å². The molecule has 0 amide bonds. The van der Waals surface area contributed by atoms with E-state index in [0.717, 1.165) is 18.4 Å². The van der Waals surface area contributed by atoms with Crippen molar-refractivity contribution in [1.82, 2.24) is 24.9 Å². The lowest BCUT2D eigenvalue weighted by molar-refractivity contribution is 0.767. The number of hydrogen-bond donors (Lipinski definition) is 0. The maximum atomic E-state index is 5.06. The predicted molar refractivity (Wildman–Crippen MR) is 202 cm³/mol. The van der Waals surface area contributed by atoms with Crippen molar-refractivity contribution >= 4 is 0 Å². The number of aryl methyl sites for hydroxylation is 1. The zero-order valence-electron chi connectivity index (χ0n) is 27.7. The first-order chi connectivity index (χ1) is 25.3. The lowest BCUT2D eigenvalue weighted by atomic mass is 9.67. The van der Waals surface area contributed by atoms with Gasteiger partial charge in [-0.3, -0.25) is 9.97 Å². The van der Waals surface area contributed by atoms with Gasteiger partial charge in [-0.25, -0.2) is 15.0 Å². The summed E-state index contributed by atoms with van der Waals surface area (Å²) in [6.45, 7) is 0. The molecule has 2 aliphatic carbocycles. The quantitative estimate of drug-likeness (QED) is 0.185. The number of benzene rings is 5. The minimum Gasteiger partial charge on any atom is -0.253 e. The van der Waals surface area contributed by atoms with Crippen LogP contribution in [0.25, 0.3) is 56.7 Å². The van der Waals surface area contributed by atoms with Gasteiger partial charge >= 0.3 is 0 Å². The number of pyridine rings is 2. The Morgan fingerprint density at radius 3 is 1.61 bits per heavy atom. The second kappa shape index (κ2) is 11.8. The van der Waals surface area contributed by atoms with Crippen LogP contribution in [-0.4, -0.2) is 24.9 Å². The summed E-state index contributed by atoms with van der Waals surface area (Å²) in [5.41, 5.74) is 14.8. The molecular weight excluding hydrogens is 623 g/mol. The van der Waals surface area contributed by atoms with Crippen molar-refractivity contribution in [3.8, 4) is 56.7 Å². The molecule has 3 heterocycles. The largest absolute Gasteiger partial charge is 0.253 e. The molecule has 0 fully saturated rings. The van der Waals surface area contributed by atoms with Gasteiger partial charge in [-0.1, -0.05) is 127 Å². The SMILES string of the molecule is c1ccc(C2(c3ccccc3)c3ccccc3-c3c2ccc2c3-c3cccc(-c4nc(-c5ccccn5)nc(-c5ccccn5)n4)c3CC2)cc1. The molecule has 5 heteroatoms. The first-order valence-electron chi connectivity index (χ1n) is 17.4. The lowest BCUT2D eigenvalue weighted by Crippen LogP contribution is -2.28. The van der Waals surface area contributed by atoms with Gasteiger partial charge < -0.3 is 0 Å². The molecule has 0 spiro atoms. The van der Waals surface area contributed by atoms with Crippen LogP contribution in [0, 0.1) is 0 Å². The first kappa shape index (κ1) is 29.3. The smallest absolute Gasteiger partial charge is 0.182 e. The fourth-order valence-corrected chi connectivity index (χ4v) is 8.37. The van der Waals surface area contributed by atoms with Gasteiger partial charge in [-0.05, 0) is 92.7 Å². The molecule has 2 aliphatic rings. The Hall–Kier alpha value is -6.59. The summed E-state index contributed by atoms with van der Waals surface area (Å²) in [6.07, 6.45) is 5.34. The zero-order valence-corrected chi connectivity index (χ0v) is 27.7. The van der Waals surface area contributed by atoms with Crippen molar-refractivity contribution in [2.75, 3.05) is 0 Å². The Balaban J connectivity index is 1.23. The maximum Gasteiger partial charge on any atom is 0.182 e. The summed E-state index contributed by atoms with van der Waals surface area (Å²) in [7, 11) is 0. The molecule has 8 aromatic rings. The molecule has 0 saturated carbocycles. The average Bonchev–Trinajstić information content (AvgIpc) is 3.53. The average molecular weight is 654 g/mol. The third-order valence-electron chi connectivity index (χ3n) is 10.5. The normalized spacial score (nSPS) is 13.5. The molecule has 51 heavy (non-hydrogen) atoms. The van der Waals surface area contributed by atoms with Crippen LogP contribution in [0.1, 0.15) is 33.4 Å². The second-order valence-electron chi connectivity index (χ2n) is 13.1. The Kier molecular flexibility index (Phi) is 6.78. The van der Waals surface area contributed by atoms with E-state index in [2.05, 4.69) is 125 Å². The maximum absolute atomic E-state index is 5.06. The number of nitrogens with zero attached hydrogens (tertiary/aromatic N) is 5. The summed E-state index contributed by atoms with van der Waals surface area (Å²) in [6, 6.07) is 53.9. The first-order valence-corrected chi connectivity index (χ1v) is 17.4. The van der Waals surface area contributed by atoms with Crippen LogP contribution in [0.5, 0.6) is 0 Å². The molecule has 0 radical (unpaired) electrons. The molecular formula is C46H31N5. The summed E-state index contributed by atoms with van der Waals surface area (Å²) in [5.74, 6) is 1.68. The third kappa shape index (κ3) is 4.51. The molecule has 0 unspecified atom stereocenters. The van der Waals surface area contributed by atoms with Gasteiger partial charge in [0, 0.05) is 18.0 Å². The standard InChI is InChI=1S/C46H31N5/c1-3-14-31(15-4-1)46(32-16-5-2-6-17-32)37-21-8-7-18-36(37)42-38(46)27-25-30-24-26-33-34(41(30)42)19-13-20-35(33)43-49-44(39-22-9-11-28-47-39)51-45(50-43)40-23-10-12-29-48-40/h1-23,25,27-29H,24,26H2. The van der Waals surface area contributed by atoms with Crippen LogP contribution < -0.4 is 0 Å². The van der Waals surface area contributed by atoms with E-state index in [1.807, 2.05) is 36.4 Å². The van der Waals surface area contributed by atoms with Crippen LogP contribution >= 0.6 is 0 Å². The van der Waals surface area contributed by atoms with Crippen molar-refractivity contribution in [3.05, 3.63) is 197 Å². The van der Waals surface area contributed by atoms with Crippen LogP contribution in [0.15, 0.2) is 164 Å². The van der Waals surface area contributed by atoms with Gasteiger partial charge in [-0.2, -0.15) is 0 Å². The highest BCUT2D eigenvalue weighted by Crippen LogP contribution is 2.59. The van der Waals surface area contributed by atoms with Gasteiger partial charge in [-0.15, -0.1) is 0 Å². The Morgan fingerprint density at radius 1 is 0.392 bits per heavy atom. The lowest BCUT2D eigenvalue weighted by Gasteiger charge is -2.34. The summed E-state index contributed by atoms with van der Waals surface area (Å²) in [4.78, 5) is 24.1. The molecule has 0 N–H and O–H groups in total. The highest BCUT2D eigenvalue weighted by Gasteiger charge is 2.47. The van der Waals surface area contributed by atoms with Crippen molar-refractivity contribution < 1.29 is 0 Å². The van der Waals surface area contributed by atoms with Crippen molar-refractivity contribution in [1.29, 1.82) is 0 Å². The monoisotopic (exact) mass is 653 g/mol. The van der Waals surface area contributed by atoms with Crippen LogP contribution in [-0.2, 0) is 18.3 Å². The molecule has 5 aromatic carbocycles. The van der Waals surface area contributed by atoms with E-state index in [1.54, 1.807) is 12.4 Å². The molecule has 0 atom stereocenters. The van der Waals surface area contributed by atoms with E-state index >= 15 is 0 Å². The number of hydrogen-bond acceptors (Lipinski definition) is 5. The zero-order chi connectivity index (χ0) is 33.8. The molecule has 240 valence electrons. The molecule has 0 saturated heterocycles. The van der Waals surface area contributed by atoms with Crippen LogP contribution in [0.4, 0.5) is 0 Å². The molecule has 0 bridgehead atoms. The fourth-order valence-electron chi connectivity index (χ4n) is 8.37. The van der Waals surface area contributed by atoms with Crippen molar-refractivity contribution in [2.45, 2.75) is 18.3 Å². The van der Waals surface area contributed by atoms with E-state index < -0.39 is 5.41 Å². The molecule has 3 aromatic heterocycles. The van der Waals surface area contributed by atoms with Crippen LogP contribution in [0.2, 0.25) is 0 Å². The number of rotatable bonds is 5. The van der Waals surface area contributed by atoms with E-state index in [1.165, 1.54) is 55.6 Å². The Morgan fingerprint density at radius 2 is 0.961 bits per heavy atom. The molecule has 10 rings (SSSR count). The fraction of sp³-hybridized carbons (Fsp3) is 0.0652. The van der Waals surface area contributed by atoms with Crippen LogP contribution in [0.3, 0.4) is 0 Å². The topological polar surface area (TPSA) is 64.5 Å². The minimum atomic E-state index is -0.456. The second-order valence-corrected chi connectivity index (χ2v) is 13.1. The van der Waals surface area contributed by atoms with Gasteiger partial charge in [0.15, 0.2) is 17.5 Å². The van der Waals surface area contributed by atoms with Gasteiger partial charge in [0.05, 0.1) is 5.41 Å². The molecule has 5 nitrogen and oxygen atoms in total.